The maximum absolute atomic E-state index is 15.0. The molecule has 6 heteroatoms. The first-order chi connectivity index (χ1) is 18.8. The molecule has 0 aliphatic rings. The smallest absolute Gasteiger partial charge is 0.167 e. The van der Waals surface area contributed by atoms with E-state index < -0.39 is 36.0 Å². The van der Waals surface area contributed by atoms with Crippen LogP contribution in [0.1, 0.15) is 12.4 Å². The fourth-order valence-corrected chi connectivity index (χ4v) is 3.73. The zero-order valence-corrected chi connectivity index (χ0v) is 17.3. The normalized spacial score (nSPS) is 13.1. The topological polar surface area (TPSA) is 75.6 Å². The number of nitrogens with zero attached hydrogens (tertiary/aromatic N) is 4. The highest BCUT2D eigenvalue weighted by atomic mass is 19.1. The van der Waals surface area contributed by atoms with Gasteiger partial charge in [0.1, 0.15) is 17.0 Å². The van der Waals surface area contributed by atoms with Crippen molar-refractivity contribution in [3.8, 4) is 40.2 Å². The summed E-state index contributed by atoms with van der Waals surface area (Å²) in [6, 6.07) is 15.7. The first kappa shape index (κ1) is 15.0. The second-order valence-electron chi connectivity index (χ2n) is 7.42. The fraction of sp³-hybridized carbons (Fsp3) is 0. The summed E-state index contributed by atoms with van der Waals surface area (Å²) in [5, 5.41) is 11.0. The third-order valence-electron chi connectivity index (χ3n) is 5.33. The van der Waals surface area contributed by atoms with Gasteiger partial charge in [0.05, 0.1) is 24.0 Å². The second kappa shape index (κ2) is 7.91. The molecule has 0 radical (unpaired) electrons. The number of benzene rings is 4. The Labute approximate surface area is 200 Å². The van der Waals surface area contributed by atoms with Crippen molar-refractivity contribution in [3.63, 3.8) is 0 Å². The zero-order chi connectivity index (χ0) is 27.4. The van der Waals surface area contributed by atoms with E-state index in [-0.39, 0.29) is 34.2 Å². The number of hydrogen-bond donors (Lipinski definition) is 0. The highest BCUT2D eigenvalue weighted by molar-refractivity contribution is 6.06. The van der Waals surface area contributed by atoms with Crippen LogP contribution in [0, 0.1) is 17.1 Å². The molecule has 6 rings (SSSR count). The van der Waals surface area contributed by atoms with Crippen LogP contribution in [0.5, 0.6) is 0 Å². The van der Waals surface area contributed by atoms with Crippen LogP contribution in [0.3, 0.4) is 0 Å². The first-order valence-electron chi connectivity index (χ1n) is 12.7. The van der Waals surface area contributed by atoms with Gasteiger partial charge < -0.3 is 4.42 Å². The number of para-hydroxylation sites is 1. The van der Waals surface area contributed by atoms with Gasteiger partial charge in [-0.3, -0.25) is 0 Å². The third kappa shape index (κ3) is 3.37. The van der Waals surface area contributed by atoms with Crippen molar-refractivity contribution < 1.29 is 15.7 Å². The lowest BCUT2D eigenvalue weighted by Crippen LogP contribution is -2.01. The van der Waals surface area contributed by atoms with Gasteiger partial charge in [0.25, 0.3) is 0 Å². The maximum Gasteiger partial charge on any atom is 0.167 e. The molecule has 2 heterocycles. The van der Waals surface area contributed by atoms with Gasteiger partial charge in [0.2, 0.25) is 0 Å². The van der Waals surface area contributed by atoms with Crippen molar-refractivity contribution in [2.75, 3.05) is 0 Å². The van der Waals surface area contributed by atoms with Crippen LogP contribution in [0.4, 0.5) is 4.39 Å². The number of aromatic nitrogens is 3. The molecule has 0 aliphatic heterocycles. The van der Waals surface area contributed by atoms with Crippen molar-refractivity contribution >= 4 is 21.9 Å². The summed E-state index contributed by atoms with van der Waals surface area (Å²) in [5.74, 6) is -1.01. The Morgan fingerprint density at radius 2 is 1.50 bits per heavy atom. The summed E-state index contributed by atoms with van der Waals surface area (Å²) in [6.07, 6.45) is 0. The van der Waals surface area contributed by atoms with E-state index in [0.717, 1.165) is 16.8 Å². The van der Waals surface area contributed by atoms with Crippen molar-refractivity contribution in [2.45, 2.75) is 0 Å². The SMILES string of the molecule is [2H]c1c([2H])c([2H])c(-c2nc(-c3ccc4oc5ccccc5c4c3)nc(-c3cc(C#N)ccc3F)n2)c([2H])c1[2H]. The van der Waals surface area contributed by atoms with Crippen LogP contribution in [0.25, 0.3) is 56.1 Å². The molecule has 0 saturated carbocycles. The van der Waals surface area contributed by atoms with Gasteiger partial charge in [0, 0.05) is 21.9 Å². The summed E-state index contributed by atoms with van der Waals surface area (Å²) in [4.78, 5) is 13.3. The first-order valence-corrected chi connectivity index (χ1v) is 10.2. The van der Waals surface area contributed by atoms with Crippen molar-refractivity contribution in [3.05, 3.63) is 102 Å². The molecular weight excluding hydrogens is 427 g/mol. The molecule has 0 unspecified atom stereocenters. The monoisotopic (exact) mass is 447 g/mol. The average Bonchev–Trinajstić information content (AvgIpc) is 3.33. The van der Waals surface area contributed by atoms with Crippen LogP contribution in [0.15, 0.2) is 95.3 Å². The average molecular weight is 447 g/mol. The van der Waals surface area contributed by atoms with E-state index in [0.29, 0.717) is 16.7 Å². The zero-order valence-electron chi connectivity index (χ0n) is 22.3. The maximum atomic E-state index is 15.0. The minimum atomic E-state index is -0.700. The van der Waals surface area contributed by atoms with E-state index >= 15 is 0 Å². The Morgan fingerprint density at radius 1 is 0.765 bits per heavy atom. The Bertz CT molecular complexity index is 1990. The molecule has 4 aromatic carbocycles. The summed E-state index contributed by atoms with van der Waals surface area (Å²) < 4.78 is 61.7. The Morgan fingerprint density at radius 3 is 2.32 bits per heavy atom. The molecule has 0 aliphatic carbocycles. The molecule has 160 valence electrons. The Kier molecular flexibility index (Phi) is 3.50. The third-order valence-corrected chi connectivity index (χ3v) is 5.33. The van der Waals surface area contributed by atoms with Crippen molar-refractivity contribution in [1.82, 2.24) is 15.0 Å². The van der Waals surface area contributed by atoms with Crippen LogP contribution in [0.2, 0.25) is 0 Å². The van der Waals surface area contributed by atoms with Gasteiger partial charge in [-0.2, -0.15) is 5.26 Å². The predicted octanol–water partition coefficient (Wildman–Crippen LogP) is 6.78. The number of furan rings is 1. The molecule has 0 fully saturated rings. The minimum Gasteiger partial charge on any atom is -0.456 e. The highest BCUT2D eigenvalue weighted by Gasteiger charge is 2.16. The summed E-state index contributed by atoms with van der Waals surface area (Å²) in [7, 11) is 0. The lowest BCUT2D eigenvalue weighted by molar-refractivity contribution is 0.629. The molecule has 5 nitrogen and oxygen atoms in total. The van der Waals surface area contributed by atoms with Crippen molar-refractivity contribution in [2.24, 2.45) is 0 Å². The number of nitriles is 1. The summed E-state index contributed by atoms with van der Waals surface area (Å²) in [5.41, 5.74) is 1.65. The molecule has 0 atom stereocenters. The number of rotatable bonds is 3. The van der Waals surface area contributed by atoms with Gasteiger partial charge in [-0.1, -0.05) is 48.4 Å². The van der Waals surface area contributed by atoms with E-state index in [2.05, 4.69) is 15.0 Å². The fourth-order valence-electron chi connectivity index (χ4n) is 3.73. The lowest BCUT2D eigenvalue weighted by Gasteiger charge is -2.09. The molecule has 2 aromatic heterocycles. The largest absolute Gasteiger partial charge is 0.456 e. The lowest BCUT2D eigenvalue weighted by atomic mass is 10.1. The Hall–Kier alpha value is -4.89. The number of hydrogen-bond acceptors (Lipinski definition) is 5. The molecule has 0 N–H and O–H groups in total. The van der Waals surface area contributed by atoms with Crippen molar-refractivity contribution in [1.29, 1.82) is 5.26 Å². The highest BCUT2D eigenvalue weighted by Crippen LogP contribution is 2.33. The van der Waals surface area contributed by atoms with E-state index in [1.165, 1.54) is 12.1 Å². The molecule has 0 spiro atoms. The summed E-state index contributed by atoms with van der Waals surface area (Å²) >= 11 is 0. The van der Waals surface area contributed by atoms with E-state index in [1.807, 2.05) is 30.3 Å². The Balaban J connectivity index is 1.66. The van der Waals surface area contributed by atoms with Crippen LogP contribution >= 0.6 is 0 Å². The van der Waals surface area contributed by atoms with Gasteiger partial charge in [-0.15, -0.1) is 0 Å². The van der Waals surface area contributed by atoms with Gasteiger partial charge in [0.15, 0.2) is 17.5 Å². The quantitative estimate of drug-likeness (QED) is 0.299. The molecular formula is C28H15FN4O. The molecule has 6 aromatic rings. The second-order valence-corrected chi connectivity index (χ2v) is 7.42. The standard InChI is InChI=1S/C28H15FN4O/c29-23-12-10-17(16-30)14-22(23)28-32-26(18-6-2-1-3-7-18)31-27(33-28)19-11-13-25-21(15-19)20-8-4-5-9-24(20)34-25/h1-15H/i1D,2D,3D,6D,7D. The number of fused-ring (bicyclic) bond motifs is 3. The van der Waals surface area contributed by atoms with Gasteiger partial charge in [-0.05, 0) is 42.5 Å². The van der Waals surface area contributed by atoms with E-state index in [1.54, 1.807) is 18.2 Å². The number of halogens is 1. The van der Waals surface area contributed by atoms with Gasteiger partial charge in [-0.25, -0.2) is 19.3 Å². The van der Waals surface area contributed by atoms with Gasteiger partial charge >= 0.3 is 0 Å². The van der Waals surface area contributed by atoms with Crippen LogP contribution < -0.4 is 0 Å². The van der Waals surface area contributed by atoms with Crippen LogP contribution in [-0.4, -0.2) is 15.0 Å². The molecule has 0 saturated heterocycles. The van der Waals surface area contributed by atoms with E-state index in [4.69, 9.17) is 11.3 Å². The van der Waals surface area contributed by atoms with Crippen LogP contribution in [-0.2, 0) is 0 Å². The minimum absolute atomic E-state index is 0.0794. The van der Waals surface area contributed by atoms with E-state index in [9.17, 15) is 9.65 Å². The summed E-state index contributed by atoms with van der Waals surface area (Å²) in [6.45, 7) is 0. The molecule has 34 heavy (non-hydrogen) atoms. The molecule has 0 amide bonds. The predicted molar refractivity (Wildman–Crippen MR) is 128 cm³/mol. The molecule has 0 bridgehead atoms.